The summed E-state index contributed by atoms with van der Waals surface area (Å²) in [5, 5.41) is 8.38. The molecule has 0 bridgehead atoms. The Labute approximate surface area is 325 Å². The third-order valence-electron chi connectivity index (χ3n) is 9.10. The summed E-state index contributed by atoms with van der Waals surface area (Å²) in [4.78, 5) is 5.79. The Morgan fingerprint density at radius 2 is 1.33 bits per heavy atom. The molecule has 3 atom stereocenters. The second kappa shape index (κ2) is 41.0. The fourth-order valence-corrected chi connectivity index (χ4v) is 5.71. The van der Waals surface area contributed by atoms with E-state index >= 15 is 0 Å². The third-order valence-corrected chi connectivity index (χ3v) is 10.3. The molecule has 1 aromatic heterocycles. The van der Waals surface area contributed by atoms with E-state index in [9.17, 15) is 0 Å². The molecule has 0 radical (unpaired) electrons. The number of rotatable bonds is 18. The van der Waals surface area contributed by atoms with Gasteiger partial charge in [-0.05, 0) is 74.8 Å². The van der Waals surface area contributed by atoms with E-state index in [0.29, 0.717) is 6.61 Å². The Morgan fingerprint density at radius 3 is 1.69 bits per heavy atom. The molecule has 0 spiro atoms. The van der Waals surface area contributed by atoms with E-state index < -0.39 is 0 Å². The first-order valence-corrected chi connectivity index (χ1v) is 22.1. The lowest BCUT2D eigenvalue weighted by Crippen LogP contribution is -2.17. The van der Waals surface area contributed by atoms with Crippen LogP contribution in [0.4, 0.5) is 0 Å². The van der Waals surface area contributed by atoms with Crippen LogP contribution in [0.25, 0.3) is 10.6 Å². The highest BCUT2D eigenvalue weighted by atomic mass is 32.1. The lowest BCUT2D eigenvalue weighted by molar-refractivity contribution is 0.235. The first kappa shape index (κ1) is 55.9. The van der Waals surface area contributed by atoms with Gasteiger partial charge in [0.1, 0.15) is 10.8 Å². The fraction of sp³-hybridized carbons (Fsp3) is 0.766. The number of unbranched alkanes of at least 4 members (excludes halogenated alkanes) is 4. The van der Waals surface area contributed by atoms with E-state index in [2.05, 4.69) is 128 Å². The number of hydrogen-bond acceptors (Lipinski definition) is 4. The molecule has 1 aromatic carbocycles. The zero-order valence-corrected chi connectivity index (χ0v) is 38.1. The van der Waals surface area contributed by atoms with Crippen molar-refractivity contribution in [3.05, 3.63) is 47.7 Å². The van der Waals surface area contributed by atoms with Crippen LogP contribution in [0.3, 0.4) is 0 Å². The van der Waals surface area contributed by atoms with E-state index in [1.807, 2.05) is 19.2 Å². The molecule has 0 saturated heterocycles. The first-order chi connectivity index (χ1) is 24.3. The fourth-order valence-electron chi connectivity index (χ4n) is 4.84. The number of hydrogen-bond donors (Lipinski definition) is 1. The zero-order valence-electron chi connectivity index (χ0n) is 37.3. The summed E-state index contributed by atoms with van der Waals surface area (Å²) in [5.41, 5.74) is 2.34. The molecule has 302 valence electrons. The standard InChI is InChI=1S/C16H34.C14H17NOS.C6H14.C5H12.C4H10.C2H4O/c1-7-10-15(9-3)12-16(13(4)5)11-14(6)8-2;1-4-11-9-15-14(17-11)12-8-10(3)6-7-13(12)16-5-2;1-3-5-6-4-2;1-4-5(2)3;1-3-4-2;1-2-3/h13-16H,7-12H2,1-6H3;6-9H,4-5H2,1-3H3;3-6H2,1-2H3;5H,4H2,1-3H3;3-4H2,1-2H3;2-3H,1H2. The Kier molecular flexibility index (Phi) is 44.9. The summed E-state index contributed by atoms with van der Waals surface area (Å²) in [7, 11) is 0. The van der Waals surface area contributed by atoms with Crippen LogP contribution in [0.1, 0.15) is 198 Å². The number of aliphatic hydroxyl groups is 1. The van der Waals surface area contributed by atoms with Gasteiger partial charge in [0.25, 0.3) is 0 Å². The van der Waals surface area contributed by atoms with Crippen LogP contribution in [0, 0.1) is 36.5 Å². The van der Waals surface area contributed by atoms with Gasteiger partial charge in [0.15, 0.2) is 0 Å². The van der Waals surface area contributed by atoms with Gasteiger partial charge < -0.3 is 9.84 Å². The van der Waals surface area contributed by atoms with Gasteiger partial charge in [0, 0.05) is 11.1 Å². The summed E-state index contributed by atoms with van der Waals surface area (Å²) in [6, 6.07) is 6.24. The Balaban J connectivity index is -0.000000296. The van der Waals surface area contributed by atoms with Crippen LogP contribution < -0.4 is 4.74 Å². The zero-order chi connectivity index (χ0) is 40.0. The van der Waals surface area contributed by atoms with Gasteiger partial charge in [-0.2, -0.15) is 0 Å². The molecule has 1 N–H and O–H groups in total. The minimum absolute atomic E-state index is 0.683. The number of benzene rings is 1. The molecule has 0 amide bonds. The number of aromatic nitrogens is 1. The van der Waals surface area contributed by atoms with E-state index in [1.54, 1.807) is 11.3 Å². The summed E-state index contributed by atoms with van der Waals surface area (Å²) < 4.78 is 5.66. The highest BCUT2D eigenvalue weighted by Crippen LogP contribution is 2.34. The molecule has 4 heteroatoms. The normalized spacial score (nSPS) is 11.8. The van der Waals surface area contributed by atoms with Gasteiger partial charge in [0.2, 0.25) is 0 Å². The smallest absolute Gasteiger partial charge is 0.129 e. The monoisotopic (exact) mass is 734 g/mol. The molecule has 2 aromatic rings. The number of ether oxygens (including phenoxy) is 1. The van der Waals surface area contributed by atoms with Crippen LogP contribution in [0.5, 0.6) is 5.75 Å². The maximum absolute atomic E-state index is 7.33. The molecule has 3 unspecified atom stereocenters. The molecule has 0 aliphatic heterocycles. The number of aliphatic hydroxyl groups excluding tert-OH is 1. The minimum Gasteiger partial charge on any atom is -0.516 e. The highest BCUT2D eigenvalue weighted by Gasteiger charge is 2.20. The molecule has 0 aliphatic rings. The van der Waals surface area contributed by atoms with Crippen LogP contribution in [-0.2, 0) is 6.42 Å². The summed E-state index contributed by atoms with van der Waals surface area (Å²) in [6.45, 7) is 39.5. The summed E-state index contributed by atoms with van der Waals surface area (Å²) >= 11 is 1.74. The second-order valence-electron chi connectivity index (χ2n) is 14.7. The Morgan fingerprint density at radius 1 is 0.784 bits per heavy atom. The lowest BCUT2D eigenvalue weighted by atomic mass is 9.78. The Hall–Kier alpha value is -1.81. The van der Waals surface area contributed by atoms with Crippen LogP contribution >= 0.6 is 11.3 Å². The molecular formula is C47H91NO2S. The van der Waals surface area contributed by atoms with E-state index in [-0.39, 0.29) is 0 Å². The molecular weight excluding hydrogens is 643 g/mol. The SMILES string of the molecule is C=CO.CCC(C)C.CCCC.CCCC(CC)CC(CC(C)CC)C(C)C.CCCCCC.CCOc1ccc(C)cc1-c1ncc(CC)s1. The average molecular weight is 734 g/mol. The number of nitrogens with zero attached hydrogens (tertiary/aromatic N) is 1. The van der Waals surface area contributed by atoms with Crippen molar-refractivity contribution < 1.29 is 9.84 Å². The van der Waals surface area contributed by atoms with Crippen LogP contribution in [-0.4, -0.2) is 16.7 Å². The van der Waals surface area contributed by atoms with Crippen molar-refractivity contribution in [2.24, 2.45) is 29.6 Å². The Bertz CT molecular complexity index is 961. The second-order valence-corrected chi connectivity index (χ2v) is 15.8. The van der Waals surface area contributed by atoms with Crippen molar-refractivity contribution >= 4 is 11.3 Å². The summed E-state index contributed by atoms with van der Waals surface area (Å²) in [5.74, 6) is 5.50. The molecule has 51 heavy (non-hydrogen) atoms. The largest absolute Gasteiger partial charge is 0.516 e. The highest BCUT2D eigenvalue weighted by molar-refractivity contribution is 7.15. The molecule has 2 rings (SSSR count). The molecule has 0 saturated carbocycles. The molecule has 0 fully saturated rings. The van der Waals surface area contributed by atoms with E-state index in [1.165, 1.54) is 93.9 Å². The maximum Gasteiger partial charge on any atom is 0.129 e. The van der Waals surface area contributed by atoms with Gasteiger partial charge >= 0.3 is 0 Å². The summed E-state index contributed by atoms with van der Waals surface area (Å²) in [6.07, 6.45) is 21.6. The maximum atomic E-state index is 7.33. The predicted molar refractivity (Wildman–Crippen MR) is 237 cm³/mol. The van der Waals surface area contributed by atoms with Gasteiger partial charge in [-0.1, -0.05) is 186 Å². The van der Waals surface area contributed by atoms with Gasteiger partial charge in [-0.25, -0.2) is 4.98 Å². The van der Waals surface area contributed by atoms with Crippen molar-refractivity contribution in [1.82, 2.24) is 4.98 Å². The third kappa shape index (κ3) is 35.0. The molecule has 0 aliphatic carbocycles. The first-order valence-electron chi connectivity index (χ1n) is 21.2. The van der Waals surface area contributed by atoms with Crippen LogP contribution in [0.2, 0.25) is 0 Å². The quantitative estimate of drug-likeness (QED) is 0.122. The molecule has 1 heterocycles. The van der Waals surface area contributed by atoms with Crippen molar-refractivity contribution in [2.75, 3.05) is 6.61 Å². The molecule has 3 nitrogen and oxygen atoms in total. The minimum atomic E-state index is 0.683. The number of thiazole rings is 1. The topological polar surface area (TPSA) is 42.4 Å². The lowest BCUT2D eigenvalue weighted by Gasteiger charge is -2.28. The average Bonchev–Trinajstić information content (AvgIpc) is 3.61. The van der Waals surface area contributed by atoms with E-state index in [4.69, 9.17) is 9.84 Å². The van der Waals surface area contributed by atoms with E-state index in [0.717, 1.165) is 58.6 Å². The van der Waals surface area contributed by atoms with Crippen molar-refractivity contribution in [1.29, 1.82) is 0 Å². The van der Waals surface area contributed by atoms with Gasteiger partial charge in [-0.15, -0.1) is 11.3 Å². The van der Waals surface area contributed by atoms with Crippen molar-refractivity contribution in [3.8, 4) is 16.3 Å². The van der Waals surface area contributed by atoms with Crippen molar-refractivity contribution in [3.63, 3.8) is 0 Å². The van der Waals surface area contributed by atoms with Crippen molar-refractivity contribution in [2.45, 2.75) is 201 Å². The van der Waals surface area contributed by atoms with Gasteiger partial charge in [-0.3, -0.25) is 0 Å². The predicted octanol–water partition coefficient (Wildman–Crippen LogP) is 17.1. The number of aryl methyl sites for hydroxylation is 2. The van der Waals surface area contributed by atoms with Crippen LogP contribution in [0.15, 0.2) is 37.2 Å². The van der Waals surface area contributed by atoms with Gasteiger partial charge in [0.05, 0.1) is 18.4 Å².